The molecule has 1 aliphatic rings. The molecule has 1 fully saturated rings. The first kappa shape index (κ1) is 11.6. The predicted molar refractivity (Wildman–Crippen MR) is 66.6 cm³/mol. The summed E-state index contributed by atoms with van der Waals surface area (Å²) in [5, 5.41) is 11.0. The van der Waals surface area contributed by atoms with Gasteiger partial charge >= 0.3 is 0 Å². The van der Waals surface area contributed by atoms with Crippen molar-refractivity contribution in [1.82, 2.24) is 19.9 Å². The van der Waals surface area contributed by atoms with Gasteiger partial charge in [-0.15, -0.1) is 0 Å². The molecule has 0 saturated carbocycles. The maximum absolute atomic E-state index is 5.62. The van der Waals surface area contributed by atoms with Crippen molar-refractivity contribution in [2.45, 2.75) is 32.4 Å². The minimum atomic E-state index is 0.209. The third-order valence-electron chi connectivity index (χ3n) is 3.03. The second-order valence-corrected chi connectivity index (χ2v) is 4.81. The van der Waals surface area contributed by atoms with Gasteiger partial charge < -0.3 is 9.26 Å². The van der Waals surface area contributed by atoms with E-state index in [0.29, 0.717) is 22.8 Å². The topological polar surface area (TPSA) is 68.9 Å². The second-order valence-electron chi connectivity index (χ2n) is 4.42. The van der Waals surface area contributed by atoms with E-state index in [2.05, 4.69) is 15.4 Å². The van der Waals surface area contributed by atoms with Crippen LogP contribution in [-0.2, 0) is 11.3 Å². The molecule has 2 aromatic rings. The first-order valence-corrected chi connectivity index (χ1v) is 6.35. The summed E-state index contributed by atoms with van der Waals surface area (Å²) in [6.45, 7) is 3.38. The number of aromatic nitrogens is 4. The molecule has 0 spiro atoms. The zero-order valence-corrected chi connectivity index (χ0v) is 10.9. The number of aryl methyl sites for hydroxylation is 1. The molecule has 3 rings (SSSR count). The number of nitrogens with one attached hydrogen (secondary N) is 1. The maximum Gasteiger partial charge on any atom is 0.195 e. The fraction of sp³-hybridized carbons (Fsp3) is 0.545. The van der Waals surface area contributed by atoms with Crippen LogP contribution in [0.5, 0.6) is 0 Å². The number of nitrogens with zero attached hydrogens (tertiary/aromatic N) is 3. The van der Waals surface area contributed by atoms with Crippen LogP contribution in [0.15, 0.2) is 10.6 Å². The molecule has 1 aliphatic heterocycles. The highest BCUT2D eigenvalue weighted by Crippen LogP contribution is 2.20. The third kappa shape index (κ3) is 2.11. The van der Waals surface area contributed by atoms with Gasteiger partial charge in [0.15, 0.2) is 16.3 Å². The van der Waals surface area contributed by atoms with Gasteiger partial charge in [0.1, 0.15) is 5.76 Å². The molecule has 1 saturated heterocycles. The number of ether oxygens (including phenoxy) is 1. The van der Waals surface area contributed by atoms with E-state index in [1.807, 2.05) is 17.6 Å². The molecular formula is C11H14N4O2S. The van der Waals surface area contributed by atoms with E-state index in [4.69, 9.17) is 21.5 Å². The van der Waals surface area contributed by atoms with Crippen LogP contribution in [0, 0.1) is 11.7 Å². The SMILES string of the molecule is Cc1cc(-c2n[nH]c(=S)n2C[C@H]2CCCO2)no1. The summed E-state index contributed by atoms with van der Waals surface area (Å²) in [5.74, 6) is 1.45. The van der Waals surface area contributed by atoms with Crippen LogP contribution in [0.4, 0.5) is 0 Å². The first-order valence-electron chi connectivity index (χ1n) is 5.94. The van der Waals surface area contributed by atoms with Crippen molar-refractivity contribution in [1.29, 1.82) is 0 Å². The summed E-state index contributed by atoms with van der Waals surface area (Å²) in [7, 11) is 0. The van der Waals surface area contributed by atoms with Crippen molar-refractivity contribution in [3.05, 3.63) is 16.6 Å². The van der Waals surface area contributed by atoms with Crippen molar-refractivity contribution >= 4 is 12.2 Å². The summed E-state index contributed by atoms with van der Waals surface area (Å²) in [5.41, 5.74) is 0.692. The minimum Gasteiger partial charge on any atom is -0.376 e. The Morgan fingerprint density at radius 1 is 1.61 bits per heavy atom. The van der Waals surface area contributed by atoms with Crippen LogP contribution in [0.25, 0.3) is 11.5 Å². The molecule has 1 atom stereocenters. The van der Waals surface area contributed by atoms with Crippen molar-refractivity contribution in [3.63, 3.8) is 0 Å². The average Bonchev–Trinajstić information content (AvgIpc) is 3.04. The highest BCUT2D eigenvalue weighted by atomic mass is 32.1. The lowest BCUT2D eigenvalue weighted by Gasteiger charge is -2.10. The predicted octanol–water partition coefficient (Wildman–Crippen LogP) is 2.08. The number of hydrogen-bond acceptors (Lipinski definition) is 5. The van der Waals surface area contributed by atoms with Crippen molar-refractivity contribution in [2.75, 3.05) is 6.61 Å². The number of aromatic amines is 1. The molecule has 18 heavy (non-hydrogen) atoms. The van der Waals surface area contributed by atoms with Gasteiger partial charge in [0.05, 0.1) is 12.6 Å². The molecule has 1 N–H and O–H groups in total. The number of hydrogen-bond donors (Lipinski definition) is 1. The number of rotatable bonds is 3. The molecular weight excluding hydrogens is 252 g/mol. The van der Waals surface area contributed by atoms with Gasteiger partial charge in [0.25, 0.3) is 0 Å². The zero-order valence-electron chi connectivity index (χ0n) is 10.0. The van der Waals surface area contributed by atoms with Crippen LogP contribution in [-0.4, -0.2) is 32.6 Å². The third-order valence-corrected chi connectivity index (χ3v) is 3.34. The molecule has 0 unspecified atom stereocenters. The second kappa shape index (κ2) is 4.66. The molecule has 7 heteroatoms. The van der Waals surface area contributed by atoms with E-state index >= 15 is 0 Å². The van der Waals surface area contributed by atoms with Crippen LogP contribution < -0.4 is 0 Å². The van der Waals surface area contributed by atoms with Gasteiger partial charge in [0.2, 0.25) is 0 Å². The standard InChI is InChI=1S/C11H14N4O2S/c1-7-5-9(14-17-7)10-12-13-11(18)15(10)6-8-3-2-4-16-8/h5,8H,2-4,6H2,1H3,(H,13,18)/t8-/m1/s1. The summed E-state index contributed by atoms with van der Waals surface area (Å²) in [6.07, 6.45) is 2.37. The molecule has 3 heterocycles. The van der Waals surface area contributed by atoms with Gasteiger partial charge in [-0.2, -0.15) is 5.10 Å². The quantitative estimate of drug-likeness (QED) is 0.861. The van der Waals surface area contributed by atoms with E-state index in [9.17, 15) is 0 Å². The Labute approximate surface area is 109 Å². The van der Waals surface area contributed by atoms with E-state index in [0.717, 1.165) is 25.2 Å². The van der Waals surface area contributed by atoms with Gasteiger partial charge in [-0.3, -0.25) is 9.67 Å². The first-order chi connectivity index (χ1) is 8.74. The summed E-state index contributed by atoms with van der Waals surface area (Å²) < 4.78 is 13.2. The van der Waals surface area contributed by atoms with E-state index in [-0.39, 0.29) is 6.10 Å². The maximum atomic E-state index is 5.62. The fourth-order valence-electron chi connectivity index (χ4n) is 2.15. The highest BCUT2D eigenvalue weighted by molar-refractivity contribution is 7.71. The highest BCUT2D eigenvalue weighted by Gasteiger charge is 2.20. The van der Waals surface area contributed by atoms with Crippen LogP contribution in [0.1, 0.15) is 18.6 Å². The lowest BCUT2D eigenvalue weighted by atomic mass is 10.2. The lowest BCUT2D eigenvalue weighted by molar-refractivity contribution is 0.0969. The molecule has 6 nitrogen and oxygen atoms in total. The van der Waals surface area contributed by atoms with Crippen LogP contribution in [0.2, 0.25) is 0 Å². The van der Waals surface area contributed by atoms with Gasteiger partial charge in [-0.05, 0) is 32.0 Å². The monoisotopic (exact) mass is 266 g/mol. The van der Waals surface area contributed by atoms with E-state index in [1.54, 1.807) is 0 Å². The molecule has 96 valence electrons. The molecule has 0 aliphatic carbocycles. The molecule has 2 aromatic heterocycles. The van der Waals surface area contributed by atoms with Crippen LogP contribution in [0.3, 0.4) is 0 Å². The average molecular weight is 266 g/mol. The Morgan fingerprint density at radius 2 is 2.50 bits per heavy atom. The molecule has 0 bridgehead atoms. The smallest absolute Gasteiger partial charge is 0.195 e. The number of H-pyrrole nitrogens is 1. The van der Waals surface area contributed by atoms with Crippen molar-refractivity contribution < 1.29 is 9.26 Å². The Kier molecular flexibility index (Phi) is 3.00. The van der Waals surface area contributed by atoms with Gasteiger partial charge in [-0.1, -0.05) is 5.16 Å². The Balaban J connectivity index is 1.93. The largest absolute Gasteiger partial charge is 0.376 e. The van der Waals surface area contributed by atoms with Crippen molar-refractivity contribution in [3.8, 4) is 11.5 Å². The fourth-order valence-corrected chi connectivity index (χ4v) is 2.35. The minimum absolute atomic E-state index is 0.209. The summed E-state index contributed by atoms with van der Waals surface area (Å²) >= 11 is 5.25. The molecule has 0 radical (unpaired) electrons. The Bertz CT molecular complexity index is 594. The Morgan fingerprint density at radius 3 is 3.17 bits per heavy atom. The summed E-state index contributed by atoms with van der Waals surface area (Å²) in [6, 6.07) is 1.84. The van der Waals surface area contributed by atoms with Crippen molar-refractivity contribution in [2.24, 2.45) is 0 Å². The lowest BCUT2D eigenvalue weighted by Crippen LogP contribution is -2.16. The van der Waals surface area contributed by atoms with E-state index < -0.39 is 0 Å². The Hall–Kier alpha value is -1.47. The molecule has 0 amide bonds. The van der Waals surface area contributed by atoms with Gasteiger partial charge in [-0.25, -0.2) is 0 Å². The normalized spacial score (nSPS) is 19.5. The summed E-state index contributed by atoms with van der Waals surface area (Å²) in [4.78, 5) is 0. The molecule has 0 aromatic carbocycles. The van der Waals surface area contributed by atoms with Gasteiger partial charge in [0, 0.05) is 12.7 Å². The zero-order chi connectivity index (χ0) is 12.5. The van der Waals surface area contributed by atoms with Crippen LogP contribution >= 0.6 is 12.2 Å². The van der Waals surface area contributed by atoms with E-state index in [1.165, 1.54) is 0 Å².